The fourth-order valence-corrected chi connectivity index (χ4v) is 4.30. The van der Waals surface area contributed by atoms with Gasteiger partial charge in [0, 0.05) is 37.7 Å². The van der Waals surface area contributed by atoms with Gasteiger partial charge < -0.3 is 24.6 Å². The first kappa shape index (κ1) is 19.3. The van der Waals surface area contributed by atoms with E-state index in [1.807, 2.05) is 11.8 Å². The van der Waals surface area contributed by atoms with E-state index < -0.39 is 17.2 Å². The average molecular weight is 425 g/mol. The van der Waals surface area contributed by atoms with Crippen LogP contribution < -0.4 is 20.4 Å². The standard InChI is InChI=1S/C21H20FN5O4/c1-11-10-31-19-16-13(18(28)14(20(29)30)9-27(11)16)7-15(22)17(19)26-6-3-12(8-26)25-21-23-4-2-5-24-21/h2,4-5,7,9,11-12H,3,6,8,10H2,1H3,(H,29,30)(H,23,24,25)/t11-,12-/m0/s1. The van der Waals surface area contributed by atoms with E-state index in [1.165, 1.54) is 6.20 Å². The number of hydrogen-bond acceptors (Lipinski definition) is 7. The first-order chi connectivity index (χ1) is 14.9. The summed E-state index contributed by atoms with van der Waals surface area (Å²) in [6.07, 6.45) is 5.37. The summed E-state index contributed by atoms with van der Waals surface area (Å²) in [6, 6.07) is 2.68. The number of carboxylic acid groups (broad SMARTS) is 1. The van der Waals surface area contributed by atoms with E-state index in [-0.39, 0.29) is 41.1 Å². The molecule has 0 radical (unpaired) electrons. The Morgan fingerprint density at radius 3 is 2.87 bits per heavy atom. The van der Waals surface area contributed by atoms with E-state index in [9.17, 15) is 14.7 Å². The lowest BCUT2D eigenvalue weighted by molar-refractivity contribution is 0.0694. The topological polar surface area (TPSA) is 110 Å². The highest BCUT2D eigenvalue weighted by molar-refractivity contribution is 5.97. The number of hydrogen-bond donors (Lipinski definition) is 2. The molecule has 9 nitrogen and oxygen atoms in total. The van der Waals surface area contributed by atoms with Gasteiger partial charge in [-0.05, 0) is 25.5 Å². The minimum Gasteiger partial charge on any atom is -0.487 e. The molecule has 0 amide bonds. The van der Waals surface area contributed by atoms with E-state index in [1.54, 1.807) is 23.0 Å². The van der Waals surface area contributed by atoms with Crippen molar-refractivity contribution < 1.29 is 19.0 Å². The maximum atomic E-state index is 15.3. The van der Waals surface area contributed by atoms with Gasteiger partial charge in [0.05, 0.1) is 16.9 Å². The third-order valence-electron chi connectivity index (χ3n) is 5.78. The third-order valence-corrected chi connectivity index (χ3v) is 5.78. The molecule has 0 bridgehead atoms. The molecule has 0 saturated carbocycles. The Morgan fingerprint density at radius 2 is 2.13 bits per heavy atom. The second kappa shape index (κ2) is 7.22. The van der Waals surface area contributed by atoms with Gasteiger partial charge in [0.25, 0.3) is 0 Å². The van der Waals surface area contributed by atoms with Crippen molar-refractivity contribution >= 4 is 28.5 Å². The number of halogens is 1. The number of rotatable bonds is 4. The van der Waals surface area contributed by atoms with E-state index >= 15 is 4.39 Å². The van der Waals surface area contributed by atoms with Crippen LogP contribution in [-0.2, 0) is 0 Å². The molecule has 0 spiro atoms. The largest absolute Gasteiger partial charge is 0.487 e. The lowest BCUT2D eigenvalue weighted by Gasteiger charge is -2.31. The van der Waals surface area contributed by atoms with Crippen molar-refractivity contribution in [2.24, 2.45) is 0 Å². The smallest absolute Gasteiger partial charge is 0.341 e. The highest BCUT2D eigenvalue weighted by Crippen LogP contribution is 2.42. The summed E-state index contributed by atoms with van der Waals surface area (Å²) in [5.74, 6) is -1.16. The fourth-order valence-electron chi connectivity index (χ4n) is 4.30. The van der Waals surface area contributed by atoms with Crippen LogP contribution in [0.3, 0.4) is 0 Å². The van der Waals surface area contributed by atoms with Crippen LogP contribution >= 0.6 is 0 Å². The summed E-state index contributed by atoms with van der Waals surface area (Å²) in [7, 11) is 0. The molecule has 2 aliphatic rings. The van der Waals surface area contributed by atoms with Gasteiger partial charge in [0.15, 0.2) is 11.6 Å². The minimum atomic E-state index is -1.34. The SMILES string of the molecule is C[C@H]1COc2c(N3CC[C@H](Nc4ncccn4)C3)c(F)cc3c(=O)c(C(=O)O)cn1c23. The predicted molar refractivity (Wildman–Crippen MR) is 112 cm³/mol. The number of carbonyl (C=O) groups is 1. The maximum Gasteiger partial charge on any atom is 0.341 e. The van der Waals surface area contributed by atoms with Crippen LogP contribution in [0.2, 0.25) is 0 Å². The van der Waals surface area contributed by atoms with Crippen LogP contribution in [0, 0.1) is 5.82 Å². The zero-order valence-corrected chi connectivity index (χ0v) is 16.7. The molecule has 31 heavy (non-hydrogen) atoms. The number of aromatic nitrogens is 3. The molecule has 1 fully saturated rings. The lowest BCUT2D eigenvalue weighted by atomic mass is 10.1. The Morgan fingerprint density at radius 1 is 1.35 bits per heavy atom. The van der Waals surface area contributed by atoms with Crippen LogP contribution in [-0.4, -0.2) is 51.3 Å². The Kier molecular flexibility index (Phi) is 4.49. The van der Waals surface area contributed by atoms with Crippen molar-refractivity contribution in [3.63, 3.8) is 0 Å². The van der Waals surface area contributed by atoms with Crippen LogP contribution in [0.1, 0.15) is 29.7 Å². The van der Waals surface area contributed by atoms with Crippen LogP contribution in [0.5, 0.6) is 5.75 Å². The molecule has 1 aromatic carbocycles. The maximum absolute atomic E-state index is 15.3. The van der Waals surface area contributed by atoms with Crippen molar-refractivity contribution in [1.29, 1.82) is 0 Å². The summed E-state index contributed by atoms with van der Waals surface area (Å²) in [5, 5.41) is 12.7. The summed E-state index contributed by atoms with van der Waals surface area (Å²) in [5.41, 5.74) is -0.389. The molecule has 2 N–H and O–H groups in total. The van der Waals surface area contributed by atoms with Gasteiger partial charge in [-0.3, -0.25) is 4.79 Å². The molecular formula is C21H20FN5O4. The quantitative estimate of drug-likeness (QED) is 0.655. The van der Waals surface area contributed by atoms with Gasteiger partial charge in [-0.25, -0.2) is 19.2 Å². The molecule has 4 heterocycles. The van der Waals surface area contributed by atoms with Crippen LogP contribution in [0.4, 0.5) is 16.0 Å². The molecule has 2 aromatic heterocycles. The number of carboxylic acids is 1. The number of nitrogens with zero attached hydrogens (tertiary/aromatic N) is 4. The van der Waals surface area contributed by atoms with Gasteiger partial charge in [-0.1, -0.05) is 0 Å². The molecule has 3 aromatic rings. The van der Waals surface area contributed by atoms with E-state index in [0.29, 0.717) is 24.6 Å². The Labute approximate surface area is 176 Å². The number of aromatic carboxylic acids is 1. The number of nitrogens with one attached hydrogen (secondary N) is 1. The molecule has 0 unspecified atom stereocenters. The van der Waals surface area contributed by atoms with Crippen molar-refractivity contribution in [3.05, 3.63) is 52.3 Å². The third kappa shape index (κ3) is 3.15. The average Bonchev–Trinajstić information content (AvgIpc) is 3.20. The van der Waals surface area contributed by atoms with Crippen molar-refractivity contribution in [3.8, 4) is 5.75 Å². The van der Waals surface area contributed by atoms with E-state index in [4.69, 9.17) is 4.74 Å². The number of pyridine rings is 1. The van der Waals surface area contributed by atoms with Crippen molar-refractivity contribution in [1.82, 2.24) is 14.5 Å². The van der Waals surface area contributed by atoms with Gasteiger partial charge in [0.2, 0.25) is 11.4 Å². The van der Waals surface area contributed by atoms with E-state index in [0.717, 1.165) is 12.5 Å². The fraction of sp³-hybridized carbons (Fsp3) is 0.333. The Hall–Kier alpha value is -3.69. The van der Waals surface area contributed by atoms with Gasteiger partial charge in [0.1, 0.15) is 17.9 Å². The summed E-state index contributed by atoms with van der Waals surface area (Å²) < 4.78 is 22.9. The second-order valence-corrected chi connectivity index (χ2v) is 7.82. The number of ether oxygens (including phenoxy) is 1. The highest BCUT2D eigenvalue weighted by atomic mass is 19.1. The van der Waals surface area contributed by atoms with Crippen LogP contribution in [0.25, 0.3) is 10.9 Å². The number of anilines is 2. The predicted octanol–water partition coefficient (Wildman–Crippen LogP) is 2.27. The van der Waals surface area contributed by atoms with Gasteiger partial charge >= 0.3 is 5.97 Å². The van der Waals surface area contributed by atoms with Crippen LogP contribution in [0.15, 0.2) is 35.5 Å². The molecule has 10 heteroatoms. The minimum absolute atomic E-state index is 0.00857. The first-order valence-electron chi connectivity index (χ1n) is 10.00. The zero-order chi connectivity index (χ0) is 21.7. The van der Waals surface area contributed by atoms with Gasteiger partial charge in [-0.15, -0.1) is 0 Å². The zero-order valence-electron chi connectivity index (χ0n) is 16.7. The highest BCUT2D eigenvalue weighted by Gasteiger charge is 2.33. The number of benzene rings is 1. The van der Waals surface area contributed by atoms with Gasteiger partial charge in [-0.2, -0.15) is 0 Å². The monoisotopic (exact) mass is 425 g/mol. The molecule has 2 atom stereocenters. The molecule has 5 rings (SSSR count). The summed E-state index contributed by atoms with van der Waals surface area (Å²) >= 11 is 0. The molecular weight excluding hydrogens is 405 g/mol. The summed E-state index contributed by atoms with van der Waals surface area (Å²) in [4.78, 5) is 34.4. The summed E-state index contributed by atoms with van der Waals surface area (Å²) in [6.45, 7) is 3.19. The first-order valence-corrected chi connectivity index (χ1v) is 10.00. The van der Waals surface area contributed by atoms with E-state index in [2.05, 4.69) is 15.3 Å². The van der Waals surface area contributed by atoms with Crippen molar-refractivity contribution in [2.75, 3.05) is 29.9 Å². The molecule has 2 aliphatic heterocycles. The Balaban J connectivity index is 1.58. The Bertz CT molecular complexity index is 1250. The van der Waals surface area contributed by atoms with Crippen molar-refractivity contribution in [2.45, 2.75) is 25.4 Å². The molecule has 1 saturated heterocycles. The normalized spacial score (nSPS) is 20.0. The lowest BCUT2D eigenvalue weighted by Crippen LogP contribution is -2.30. The molecule has 0 aliphatic carbocycles. The molecule has 160 valence electrons. The second-order valence-electron chi connectivity index (χ2n) is 7.82.